The van der Waals surface area contributed by atoms with Crippen molar-refractivity contribution in [1.29, 1.82) is 0 Å². The molecule has 1 saturated heterocycles. The Kier molecular flexibility index (Phi) is 5.50. The van der Waals surface area contributed by atoms with Crippen molar-refractivity contribution in [3.8, 4) is 0 Å². The first-order valence-corrected chi connectivity index (χ1v) is 9.43. The van der Waals surface area contributed by atoms with E-state index in [0.29, 0.717) is 18.2 Å². The van der Waals surface area contributed by atoms with Gasteiger partial charge in [0.05, 0.1) is 6.57 Å². The summed E-state index contributed by atoms with van der Waals surface area (Å²) in [5, 5.41) is 2.84. The number of urea groups is 1. The fourth-order valence-electron chi connectivity index (χ4n) is 3.66. The maximum atomic E-state index is 12.8. The van der Waals surface area contributed by atoms with Crippen molar-refractivity contribution in [2.45, 2.75) is 46.7 Å². The highest BCUT2D eigenvalue weighted by molar-refractivity contribution is 5.88. The molecular weight excluding hydrogens is 352 g/mol. The number of aromatic nitrogens is 2. The fraction of sp³-hybridized carbons (Fsp3) is 0.429. The third kappa shape index (κ3) is 4.06. The van der Waals surface area contributed by atoms with Crippen molar-refractivity contribution in [3.63, 3.8) is 0 Å². The van der Waals surface area contributed by atoms with Crippen molar-refractivity contribution >= 4 is 23.4 Å². The van der Waals surface area contributed by atoms with Gasteiger partial charge in [0.15, 0.2) is 5.69 Å². The fourth-order valence-corrected chi connectivity index (χ4v) is 3.66. The summed E-state index contributed by atoms with van der Waals surface area (Å²) < 4.78 is 0. The molecule has 7 heteroatoms. The third-order valence-corrected chi connectivity index (χ3v) is 5.08. The van der Waals surface area contributed by atoms with Gasteiger partial charge < -0.3 is 9.80 Å². The predicted octanol–water partition coefficient (Wildman–Crippen LogP) is 4.08. The van der Waals surface area contributed by atoms with Crippen LogP contribution in [0.25, 0.3) is 4.85 Å². The lowest BCUT2D eigenvalue weighted by molar-refractivity contribution is 0.173. The lowest BCUT2D eigenvalue weighted by Gasteiger charge is -2.45. The Balaban J connectivity index is 1.73. The lowest BCUT2D eigenvalue weighted by Crippen LogP contribution is -2.59. The highest BCUT2D eigenvalue weighted by Crippen LogP contribution is 2.28. The van der Waals surface area contributed by atoms with Gasteiger partial charge in [-0.1, -0.05) is 6.07 Å². The molecule has 2 amide bonds. The molecule has 1 aliphatic rings. The van der Waals surface area contributed by atoms with Gasteiger partial charge in [-0.25, -0.2) is 19.6 Å². The average Bonchev–Trinajstić information content (AvgIpc) is 2.62. The van der Waals surface area contributed by atoms with Crippen LogP contribution in [-0.4, -0.2) is 46.1 Å². The number of aryl methyl sites for hydroxylation is 3. The number of carbonyl (C=O) groups is 1. The molecule has 0 radical (unpaired) electrons. The second-order valence-electron chi connectivity index (χ2n) is 7.49. The standard InChI is InChI=1S/C21H26N6O/c1-13-9-18(7-8-19(13)22-6)26-11-17(5)27(12-16(26)4)21(28)25-20-23-14(2)10-15(3)24-20/h7-10,16-17H,11-12H2,1-5H3,(H,23,24,25,28)/t16-,17+/m0/s1. The number of nitrogens with one attached hydrogen (secondary N) is 1. The Morgan fingerprint density at radius 1 is 1.11 bits per heavy atom. The number of hydrogen-bond donors (Lipinski definition) is 1. The van der Waals surface area contributed by atoms with Crippen LogP contribution >= 0.6 is 0 Å². The second-order valence-corrected chi connectivity index (χ2v) is 7.49. The van der Waals surface area contributed by atoms with E-state index in [1.165, 1.54) is 0 Å². The van der Waals surface area contributed by atoms with Crippen LogP contribution in [0.5, 0.6) is 0 Å². The first kappa shape index (κ1) is 19.6. The highest BCUT2D eigenvalue weighted by Gasteiger charge is 2.32. The van der Waals surface area contributed by atoms with Crippen LogP contribution in [0.2, 0.25) is 0 Å². The topological polar surface area (TPSA) is 65.7 Å². The van der Waals surface area contributed by atoms with Gasteiger partial charge in [-0.15, -0.1) is 0 Å². The van der Waals surface area contributed by atoms with Crippen LogP contribution in [0.15, 0.2) is 24.3 Å². The minimum absolute atomic E-state index is 0.0305. The minimum Gasteiger partial charge on any atom is -0.365 e. The summed E-state index contributed by atoms with van der Waals surface area (Å²) in [4.78, 5) is 29.1. The molecule has 1 fully saturated rings. The number of benzene rings is 1. The largest absolute Gasteiger partial charge is 0.365 e. The quantitative estimate of drug-likeness (QED) is 0.800. The number of piperazine rings is 1. The lowest BCUT2D eigenvalue weighted by atomic mass is 10.1. The Hall–Kier alpha value is -3.14. The van der Waals surface area contributed by atoms with E-state index in [9.17, 15) is 4.79 Å². The Bertz CT molecular complexity index is 915. The monoisotopic (exact) mass is 378 g/mol. The van der Waals surface area contributed by atoms with E-state index in [1.54, 1.807) is 0 Å². The van der Waals surface area contributed by atoms with Gasteiger partial charge in [-0.2, -0.15) is 0 Å². The van der Waals surface area contributed by atoms with Gasteiger partial charge in [0.2, 0.25) is 5.95 Å². The molecule has 1 aliphatic heterocycles. The maximum Gasteiger partial charge on any atom is 0.324 e. The maximum absolute atomic E-state index is 12.8. The van der Waals surface area contributed by atoms with Crippen LogP contribution < -0.4 is 10.2 Å². The summed E-state index contributed by atoms with van der Waals surface area (Å²) in [5.74, 6) is 0.343. The average molecular weight is 378 g/mol. The zero-order valence-corrected chi connectivity index (χ0v) is 17.0. The molecule has 1 aromatic heterocycles. The van der Waals surface area contributed by atoms with Gasteiger partial charge in [0.1, 0.15) is 0 Å². The molecule has 7 nitrogen and oxygen atoms in total. The smallest absolute Gasteiger partial charge is 0.324 e. The van der Waals surface area contributed by atoms with E-state index < -0.39 is 0 Å². The van der Waals surface area contributed by atoms with Gasteiger partial charge in [0, 0.05) is 42.2 Å². The van der Waals surface area contributed by atoms with E-state index >= 15 is 0 Å². The van der Waals surface area contributed by atoms with Crippen LogP contribution in [0.1, 0.15) is 30.8 Å². The summed E-state index contributed by atoms with van der Waals surface area (Å²) >= 11 is 0. The van der Waals surface area contributed by atoms with Crippen LogP contribution in [-0.2, 0) is 0 Å². The van der Waals surface area contributed by atoms with E-state index in [0.717, 1.165) is 29.2 Å². The van der Waals surface area contributed by atoms with Gasteiger partial charge in [0.25, 0.3) is 0 Å². The van der Waals surface area contributed by atoms with E-state index in [2.05, 4.69) is 38.0 Å². The van der Waals surface area contributed by atoms with E-state index in [4.69, 9.17) is 6.57 Å². The Morgan fingerprint density at radius 3 is 2.39 bits per heavy atom. The number of anilines is 2. The minimum atomic E-state index is -0.177. The molecule has 0 unspecified atom stereocenters. The molecule has 1 aromatic carbocycles. The van der Waals surface area contributed by atoms with Gasteiger partial charge >= 0.3 is 6.03 Å². The van der Waals surface area contributed by atoms with E-state index in [-0.39, 0.29) is 18.1 Å². The summed E-state index contributed by atoms with van der Waals surface area (Å²) in [6.07, 6.45) is 0. The third-order valence-electron chi connectivity index (χ3n) is 5.08. The number of amides is 2. The molecule has 0 bridgehead atoms. The molecule has 28 heavy (non-hydrogen) atoms. The second kappa shape index (κ2) is 7.85. The van der Waals surface area contributed by atoms with Crippen LogP contribution in [0.4, 0.5) is 22.1 Å². The molecule has 2 aromatic rings. The summed E-state index contributed by atoms with van der Waals surface area (Å²) in [7, 11) is 0. The molecule has 2 atom stereocenters. The number of rotatable bonds is 2. The van der Waals surface area contributed by atoms with Crippen molar-refractivity contribution in [3.05, 3.63) is 52.6 Å². The van der Waals surface area contributed by atoms with E-state index in [1.807, 2.05) is 50.8 Å². The van der Waals surface area contributed by atoms with Gasteiger partial charge in [-0.3, -0.25) is 5.32 Å². The van der Waals surface area contributed by atoms with Crippen LogP contribution in [0.3, 0.4) is 0 Å². The van der Waals surface area contributed by atoms with Crippen molar-refractivity contribution in [2.24, 2.45) is 0 Å². The normalized spacial score (nSPS) is 19.3. The molecule has 0 aliphatic carbocycles. The first-order chi connectivity index (χ1) is 13.3. The molecular formula is C21H26N6O. The number of nitrogens with zero attached hydrogens (tertiary/aromatic N) is 5. The Labute approximate surface area is 166 Å². The molecule has 0 saturated carbocycles. The number of hydrogen-bond acceptors (Lipinski definition) is 4. The summed E-state index contributed by atoms with van der Waals surface area (Å²) in [6, 6.07) is 7.79. The molecule has 2 heterocycles. The first-order valence-electron chi connectivity index (χ1n) is 9.43. The molecule has 3 rings (SSSR count). The molecule has 0 spiro atoms. The van der Waals surface area contributed by atoms with Crippen LogP contribution in [0, 0.1) is 27.3 Å². The van der Waals surface area contributed by atoms with Crippen molar-refractivity contribution in [1.82, 2.24) is 14.9 Å². The van der Waals surface area contributed by atoms with Gasteiger partial charge in [-0.05, 0) is 58.4 Å². The molecule has 146 valence electrons. The summed E-state index contributed by atoms with van der Waals surface area (Å²) in [6.45, 7) is 18.4. The Morgan fingerprint density at radius 2 is 1.79 bits per heavy atom. The SMILES string of the molecule is [C-]#[N+]c1ccc(N2C[C@@H](C)N(C(=O)Nc3nc(C)cc(C)n3)C[C@@H]2C)cc1C. The zero-order chi connectivity index (χ0) is 20.4. The number of carbonyl (C=O) groups excluding carboxylic acids is 1. The predicted molar refractivity (Wildman–Crippen MR) is 111 cm³/mol. The zero-order valence-electron chi connectivity index (χ0n) is 17.0. The highest BCUT2D eigenvalue weighted by atomic mass is 16.2. The van der Waals surface area contributed by atoms with Crippen molar-refractivity contribution < 1.29 is 4.79 Å². The molecule has 1 N–H and O–H groups in total. The van der Waals surface area contributed by atoms with Crippen molar-refractivity contribution in [2.75, 3.05) is 23.3 Å². The summed E-state index contributed by atoms with van der Waals surface area (Å²) in [5.41, 5.74) is 4.39.